The number of amides is 4. The van der Waals surface area contributed by atoms with E-state index in [1.54, 1.807) is 29.8 Å². The molecule has 0 radical (unpaired) electrons. The van der Waals surface area contributed by atoms with E-state index in [4.69, 9.17) is 0 Å². The molecule has 1 saturated carbocycles. The van der Waals surface area contributed by atoms with Crippen LogP contribution in [-0.4, -0.2) is 72.2 Å². The molecule has 0 spiro atoms. The molecule has 1 aliphatic heterocycles. The zero-order valence-corrected chi connectivity index (χ0v) is 17.2. The van der Waals surface area contributed by atoms with Crippen molar-refractivity contribution in [2.45, 2.75) is 64.6 Å². The molecule has 1 aliphatic carbocycles. The van der Waals surface area contributed by atoms with E-state index in [1.165, 1.54) is 0 Å². The molecule has 0 unspecified atom stereocenters. The zero-order chi connectivity index (χ0) is 20.8. The molecule has 2 fully saturated rings. The fourth-order valence-electron chi connectivity index (χ4n) is 3.53. The minimum Gasteiger partial charge on any atom is -0.352 e. The maximum absolute atomic E-state index is 13.0. The van der Waals surface area contributed by atoms with Crippen molar-refractivity contribution >= 4 is 24.1 Å². The number of likely N-dealkylation sites (tertiary alicyclic amines) is 1. The first-order valence-electron chi connectivity index (χ1n) is 9.98. The number of rotatable bonds is 9. The van der Waals surface area contributed by atoms with Crippen LogP contribution in [0.3, 0.4) is 0 Å². The van der Waals surface area contributed by atoms with Crippen molar-refractivity contribution in [2.24, 2.45) is 5.92 Å². The lowest BCUT2D eigenvalue weighted by Gasteiger charge is -2.30. The summed E-state index contributed by atoms with van der Waals surface area (Å²) in [4.78, 5) is 51.3. The van der Waals surface area contributed by atoms with Crippen LogP contribution in [0.25, 0.3) is 0 Å². The SMILES string of the molecule is CC(=C[C@H](C(C)C)N(C)C(=O)CNC=O)C(=O)N1CCC[C@H]1C(=O)NC1CC1. The summed E-state index contributed by atoms with van der Waals surface area (Å²) in [5.41, 5.74) is 0.521. The Hall–Kier alpha value is -2.38. The van der Waals surface area contributed by atoms with Crippen molar-refractivity contribution in [3.63, 3.8) is 0 Å². The van der Waals surface area contributed by atoms with E-state index in [1.807, 2.05) is 13.8 Å². The highest BCUT2D eigenvalue weighted by atomic mass is 16.2. The van der Waals surface area contributed by atoms with Crippen LogP contribution in [0.1, 0.15) is 46.5 Å². The molecule has 28 heavy (non-hydrogen) atoms. The van der Waals surface area contributed by atoms with Gasteiger partial charge < -0.3 is 20.4 Å². The van der Waals surface area contributed by atoms with E-state index in [0.717, 1.165) is 19.3 Å². The third-order valence-corrected chi connectivity index (χ3v) is 5.36. The average molecular weight is 393 g/mol. The van der Waals surface area contributed by atoms with Gasteiger partial charge in [-0.05, 0) is 38.5 Å². The van der Waals surface area contributed by atoms with Gasteiger partial charge in [-0.25, -0.2) is 0 Å². The molecule has 0 aromatic rings. The predicted molar refractivity (Wildman–Crippen MR) is 105 cm³/mol. The minimum absolute atomic E-state index is 0.0613. The standard InChI is InChI=1S/C20H32N4O4/c1-13(2)17(23(4)18(26)11-21-12-25)10-14(3)20(28)24-9-5-6-16(24)19(27)22-15-7-8-15/h10,12-13,15-17H,5-9,11H2,1-4H3,(H,21,25)(H,22,27)/t16-,17+/m0/s1. The molecular weight excluding hydrogens is 360 g/mol. The zero-order valence-electron chi connectivity index (χ0n) is 17.2. The summed E-state index contributed by atoms with van der Waals surface area (Å²) in [5.74, 6) is -0.370. The highest BCUT2D eigenvalue weighted by molar-refractivity contribution is 5.97. The third-order valence-electron chi connectivity index (χ3n) is 5.36. The molecule has 1 saturated heterocycles. The van der Waals surface area contributed by atoms with Crippen molar-refractivity contribution in [1.29, 1.82) is 0 Å². The van der Waals surface area contributed by atoms with Crippen LogP contribution >= 0.6 is 0 Å². The van der Waals surface area contributed by atoms with Gasteiger partial charge in [-0.15, -0.1) is 0 Å². The van der Waals surface area contributed by atoms with Gasteiger partial charge in [0.05, 0.1) is 12.6 Å². The van der Waals surface area contributed by atoms with Gasteiger partial charge in [0.1, 0.15) is 6.04 Å². The smallest absolute Gasteiger partial charge is 0.249 e. The van der Waals surface area contributed by atoms with Gasteiger partial charge in [-0.1, -0.05) is 19.9 Å². The maximum atomic E-state index is 13.0. The van der Waals surface area contributed by atoms with Gasteiger partial charge in [-0.2, -0.15) is 0 Å². The van der Waals surface area contributed by atoms with Crippen LogP contribution in [0.5, 0.6) is 0 Å². The van der Waals surface area contributed by atoms with Gasteiger partial charge in [0.15, 0.2) is 0 Å². The second kappa shape index (κ2) is 9.71. The molecule has 1 heterocycles. The first-order valence-corrected chi connectivity index (χ1v) is 9.98. The normalized spacial score (nSPS) is 20.7. The van der Waals surface area contributed by atoms with Crippen molar-refractivity contribution in [2.75, 3.05) is 20.1 Å². The summed E-state index contributed by atoms with van der Waals surface area (Å²) in [7, 11) is 1.66. The third kappa shape index (κ3) is 5.56. The van der Waals surface area contributed by atoms with Crippen LogP contribution in [-0.2, 0) is 19.2 Å². The van der Waals surface area contributed by atoms with Gasteiger partial charge >= 0.3 is 0 Å². The number of hydrogen-bond donors (Lipinski definition) is 2. The maximum Gasteiger partial charge on any atom is 0.249 e. The first kappa shape index (κ1) is 21.9. The fourth-order valence-corrected chi connectivity index (χ4v) is 3.53. The molecule has 0 bridgehead atoms. The number of likely N-dealkylation sites (N-methyl/N-ethyl adjacent to an activating group) is 1. The van der Waals surface area contributed by atoms with E-state index in [0.29, 0.717) is 24.9 Å². The Balaban J connectivity index is 2.08. The Morgan fingerprint density at radius 3 is 2.46 bits per heavy atom. The highest BCUT2D eigenvalue weighted by Gasteiger charge is 2.37. The van der Waals surface area contributed by atoms with Crippen molar-refractivity contribution < 1.29 is 19.2 Å². The van der Waals surface area contributed by atoms with E-state index >= 15 is 0 Å². The molecule has 2 rings (SSSR count). The van der Waals surface area contributed by atoms with Crippen molar-refractivity contribution in [1.82, 2.24) is 20.4 Å². The van der Waals surface area contributed by atoms with Gasteiger partial charge in [-0.3, -0.25) is 19.2 Å². The largest absolute Gasteiger partial charge is 0.352 e. The van der Waals surface area contributed by atoms with Gasteiger partial charge in [0.2, 0.25) is 24.1 Å². The Kier molecular flexibility index (Phi) is 7.60. The molecule has 4 amide bonds. The summed E-state index contributed by atoms with van der Waals surface area (Å²) in [5, 5.41) is 5.36. The van der Waals surface area contributed by atoms with E-state index in [9.17, 15) is 19.2 Å². The summed E-state index contributed by atoms with van der Waals surface area (Å²) in [6.45, 7) is 6.15. The Labute approximate surface area is 166 Å². The topological polar surface area (TPSA) is 98.8 Å². The molecule has 0 aromatic carbocycles. The number of carbonyl (C=O) groups excluding carboxylic acids is 4. The van der Waals surface area contributed by atoms with Crippen LogP contribution in [0.2, 0.25) is 0 Å². The number of nitrogens with one attached hydrogen (secondary N) is 2. The monoisotopic (exact) mass is 392 g/mol. The number of hydrogen-bond acceptors (Lipinski definition) is 4. The Morgan fingerprint density at radius 2 is 1.89 bits per heavy atom. The molecule has 2 atom stereocenters. The quantitative estimate of drug-likeness (QED) is 0.439. The summed E-state index contributed by atoms with van der Waals surface area (Å²) < 4.78 is 0. The predicted octanol–water partition coefficient (Wildman–Crippen LogP) is 0.431. The average Bonchev–Trinajstić information content (AvgIpc) is 3.33. The van der Waals surface area contributed by atoms with Crippen LogP contribution in [0.4, 0.5) is 0 Å². The molecular formula is C20H32N4O4. The summed E-state index contributed by atoms with van der Waals surface area (Å²) in [6.07, 6.45) is 5.80. The fraction of sp³-hybridized carbons (Fsp3) is 0.700. The lowest BCUT2D eigenvalue weighted by molar-refractivity contribution is -0.135. The first-order chi connectivity index (χ1) is 13.3. The number of carbonyl (C=O) groups is 4. The number of nitrogens with zero attached hydrogens (tertiary/aromatic N) is 2. The van der Waals surface area contributed by atoms with Gasteiger partial charge in [0, 0.05) is 25.2 Å². The summed E-state index contributed by atoms with van der Waals surface area (Å²) in [6, 6.07) is -0.428. The lowest BCUT2D eigenvalue weighted by Crippen LogP contribution is -2.47. The second-order valence-electron chi connectivity index (χ2n) is 8.03. The molecule has 8 heteroatoms. The molecule has 0 aromatic heterocycles. The van der Waals surface area contributed by atoms with Crippen LogP contribution < -0.4 is 10.6 Å². The highest BCUT2D eigenvalue weighted by Crippen LogP contribution is 2.24. The Bertz CT molecular complexity index is 642. The van der Waals surface area contributed by atoms with E-state index < -0.39 is 6.04 Å². The van der Waals surface area contributed by atoms with E-state index in [-0.39, 0.29) is 42.3 Å². The molecule has 2 aliphatic rings. The van der Waals surface area contributed by atoms with Gasteiger partial charge in [0.25, 0.3) is 0 Å². The molecule has 156 valence electrons. The van der Waals surface area contributed by atoms with Crippen molar-refractivity contribution in [3.05, 3.63) is 11.6 Å². The van der Waals surface area contributed by atoms with E-state index in [2.05, 4.69) is 10.6 Å². The second-order valence-corrected chi connectivity index (χ2v) is 8.03. The molecule has 8 nitrogen and oxygen atoms in total. The van der Waals surface area contributed by atoms with Crippen LogP contribution in [0, 0.1) is 5.92 Å². The molecule has 2 N–H and O–H groups in total. The minimum atomic E-state index is -0.412. The van der Waals surface area contributed by atoms with Crippen molar-refractivity contribution in [3.8, 4) is 0 Å². The lowest BCUT2D eigenvalue weighted by atomic mass is 9.99. The van der Waals surface area contributed by atoms with Crippen LogP contribution in [0.15, 0.2) is 11.6 Å². The summed E-state index contributed by atoms with van der Waals surface area (Å²) >= 11 is 0. The Morgan fingerprint density at radius 1 is 1.21 bits per heavy atom.